The third-order valence-corrected chi connectivity index (χ3v) is 8.50. The first kappa shape index (κ1) is 28.5. The Bertz CT molecular complexity index is 1430. The number of carbonyl (C=O) groups is 1. The van der Waals surface area contributed by atoms with Crippen molar-refractivity contribution in [2.24, 2.45) is 5.41 Å². The van der Waals surface area contributed by atoms with E-state index in [-0.39, 0.29) is 10.7 Å². The summed E-state index contributed by atoms with van der Waals surface area (Å²) in [5.41, 5.74) is 3.57. The molecule has 0 aliphatic heterocycles. The Balaban J connectivity index is 1.85. The summed E-state index contributed by atoms with van der Waals surface area (Å²) >= 11 is 9.61. The maximum absolute atomic E-state index is 12.8. The number of carbonyl (C=O) groups excluding carboxylic acids is 1. The fourth-order valence-corrected chi connectivity index (χ4v) is 6.30. The predicted molar refractivity (Wildman–Crippen MR) is 159 cm³/mol. The first-order chi connectivity index (χ1) is 17.9. The maximum Gasteiger partial charge on any atom is 0.311 e. The third-order valence-electron chi connectivity index (χ3n) is 6.15. The van der Waals surface area contributed by atoms with Crippen LogP contribution in [0.2, 0.25) is 5.02 Å². The molecule has 0 amide bonds. The van der Waals surface area contributed by atoms with E-state index in [0.29, 0.717) is 24.6 Å². The largest absolute Gasteiger partial charge is 0.487 e. The van der Waals surface area contributed by atoms with Crippen molar-refractivity contribution in [3.05, 3.63) is 74.8 Å². The molecule has 0 aliphatic rings. The van der Waals surface area contributed by atoms with Crippen molar-refractivity contribution < 1.29 is 14.3 Å². The molecule has 0 spiro atoms. The molecular weight excluding hydrogens is 536 g/mol. The van der Waals surface area contributed by atoms with Gasteiger partial charge in [-0.15, -0.1) is 23.1 Å². The average molecular weight is 571 g/mol. The van der Waals surface area contributed by atoms with Gasteiger partial charge in [0.25, 0.3) is 0 Å². The van der Waals surface area contributed by atoms with E-state index in [1.807, 2.05) is 68.2 Å². The minimum absolute atomic E-state index is 0.0431. The lowest BCUT2D eigenvalue weighted by atomic mass is 9.87. The highest BCUT2D eigenvalue weighted by Crippen LogP contribution is 2.44. The quantitative estimate of drug-likeness (QED) is 0.149. The third kappa shape index (κ3) is 6.74. The number of ether oxygens (including phenoxy) is 2. The Morgan fingerprint density at radius 1 is 1.11 bits per heavy atom. The first-order valence-corrected chi connectivity index (χ1v) is 14.6. The van der Waals surface area contributed by atoms with Crippen LogP contribution in [-0.2, 0) is 29.1 Å². The summed E-state index contributed by atoms with van der Waals surface area (Å²) in [5.74, 6) is 0.566. The van der Waals surface area contributed by atoms with E-state index in [0.717, 1.165) is 43.5 Å². The molecule has 4 rings (SSSR count). The minimum Gasteiger partial charge on any atom is -0.487 e. The normalized spacial score (nSPS) is 12.2. The van der Waals surface area contributed by atoms with Gasteiger partial charge in [-0.05, 0) is 56.7 Å². The minimum atomic E-state index is -0.699. The summed E-state index contributed by atoms with van der Waals surface area (Å²) in [6.07, 6.45) is 0.536. The zero-order chi connectivity index (χ0) is 27.7. The zero-order valence-corrected chi connectivity index (χ0v) is 25.4. The zero-order valence-electron chi connectivity index (χ0n) is 23.1. The highest BCUT2D eigenvalue weighted by molar-refractivity contribution is 8.00. The van der Waals surface area contributed by atoms with Crippen molar-refractivity contribution in [2.75, 3.05) is 7.11 Å². The number of nitrogens with zero attached hydrogens (tertiary/aromatic N) is 2. The molecule has 8 heteroatoms. The second-order valence-corrected chi connectivity index (χ2v) is 14.4. The number of aromatic nitrogens is 2. The number of aryl methyl sites for hydroxylation is 1. The lowest BCUT2D eigenvalue weighted by Gasteiger charge is -2.25. The molecule has 0 aliphatic carbocycles. The van der Waals surface area contributed by atoms with Crippen LogP contribution < -0.4 is 4.74 Å². The molecule has 0 saturated carbocycles. The van der Waals surface area contributed by atoms with Gasteiger partial charge in [-0.3, -0.25) is 4.79 Å². The lowest BCUT2D eigenvalue weighted by molar-refractivity contribution is -0.150. The van der Waals surface area contributed by atoms with E-state index in [9.17, 15) is 4.79 Å². The molecule has 2 aromatic heterocycles. The predicted octanol–water partition coefficient (Wildman–Crippen LogP) is 8.32. The lowest BCUT2D eigenvalue weighted by Crippen LogP contribution is -2.29. The Morgan fingerprint density at radius 2 is 1.82 bits per heavy atom. The Hall–Kier alpha value is -2.48. The number of halogens is 1. The average Bonchev–Trinajstić information content (AvgIpc) is 3.38. The van der Waals surface area contributed by atoms with Crippen LogP contribution in [0.5, 0.6) is 5.75 Å². The molecule has 0 atom stereocenters. The van der Waals surface area contributed by atoms with Gasteiger partial charge in [0, 0.05) is 49.6 Å². The van der Waals surface area contributed by atoms with E-state index < -0.39 is 5.41 Å². The number of benzene rings is 2. The van der Waals surface area contributed by atoms with Gasteiger partial charge in [0.2, 0.25) is 0 Å². The van der Waals surface area contributed by atoms with Gasteiger partial charge in [-0.2, -0.15) is 0 Å². The van der Waals surface area contributed by atoms with E-state index >= 15 is 0 Å². The van der Waals surface area contributed by atoms with Crippen molar-refractivity contribution >= 4 is 51.6 Å². The second-order valence-electron chi connectivity index (χ2n) is 11.1. The van der Waals surface area contributed by atoms with Crippen LogP contribution in [0.15, 0.2) is 52.7 Å². The molecule has 0 N–H and O–H groups in total. The molecule has 202 valence electrons. The summed E-state index contributed by atoms with van der Waals surface area (Å²) in [4.78, 5) is 18.4. The Kier molecular flexibility index (Phi) is 8.50. The molecule has 5 nitrogen and oxygen atoms in total. The van der Waals surface area contributed by atoms with Crippen molar-refractivity contribution in [3.63, 3.8) is 0 Å². The fraction of sp³-hybridized carbons (Fsp3) is 0.400. The van der Waals surface area contributed by atoms with Gasteiger partial charge >= 0.3 is 5.97 Å². The SMILES string of the molecule is COC(=O)C(C)(C)Cc1c(SC(C)(C)C)c2cc(OCc3csc(C)n3)ccc2n1Cc1ccc(Cl)cc1. The Morgan fingerprint density at radius 3 is 2.42 bits per heavy atom. The summed E-state index contributed by atoms with van der Waals surface area (Å²) in [5, 5.41) is 4.88. The number of hydrogen-bond donors (Lipinski definition) is 0. The van der Waals surface area contributed by atoms with Gasteiger partial charge < -0.3 is 14.0 Å². The highest BCUT2D eigenvalue weighted by atomic mass is 35.5. The number of rotatable bonds is 9. The van der Waals surface area contributed by atoms with Crippen LogP contribution in [-0.4, -0.2) is 27.4 Å². The van der Waals surface area contributed by atoms with Crippen LogP contribution in [0.3, 0.4) is 0 Å². The number of thiazole rings is 1. The first-order valence-electron chi connectivity index (χ1n) is 12.6. The molecule has 0 bridgehead atoms. The van der Waals surface area contributed by atoms with Gasteiger partial charge in [-0.25, -0.2) is 4.98 Å². The van der Waals surface area contributed by atoms with Crippen molar-refractivity contribution in [1.82, 2.24) is 9.55 Å². The van der Waals surface area contributed by atoms with Crippen molar-refractivity contribution in [3.8, 4) is 5.75 Å². The van der Waals surface area contributed by atoms with E-state index in [1.165, 1.54) is 7.11 Å². The molecular formula is C30H35ClN2O3S2. The molecule has 2 heterocycles. The summed E-state index contributed by atoms with van der Waals surface area (Å²) in [6.45, 7) is 13.6. The number of methoxy groups -OCH3 is 1. The van der Waals surface area contributed by atoms with E-state index in [1.54, 1.807) is 11.3 Å². The van der Waals surface area contributed by atoms with E-state index in [4.69, 9.17) is 21.1 Å². The molecule has 0 saturated heterocycles. The summed E-state index contributed by atoms with van der Waals surface area (Å²) in [7, 11) is 1.45. The van der Waals surface area contributed by atoms with Crippen LogP contribution in [0, 0.1) is 12.3 Å². The summed E-state index contributed by atoms with van der Waals surface area (Å²) < 4.78 is 13.6. The van der Waals surface area contributed by atoms with E-state index in [2.05, 4.69) is 42.5 Å². The fourth-order valence-electron chi connectivity index (χ4n) is 4.39. The summed E-state index contributed by atoms with van der Waals surface area (Å²) in [6, 6.07) is 14.2. The Labute approximate surface area is 238 Å². The highest BCUT2D eigenvalue weighted by Gasteiger charge is 2.33. The van der Waals surface area contributed by atoms with Crippen LogP contribution >= 0.6 is 34.7 Å². The van der Waals surface area contributed by atoms with Crippen LogP contribution in [0.25, 0.3) is 10.9 Å². The van der Waals surface area contributed by atoms with Gasteiger partial charge in [0.15, 0.2) is 0 Å². The monoisotopic (exact) mass is 570 g/mol. The number of esters is 1. The molecule has 38 heavy (non-hydrogen) atoms. The number of hydrogen-bond acceptors (Lipinski definition) is 6. The molecule has 4 aromatic rings. The molecule has 0 unspecified atom stereocenters. The van der Waals surface area contributed by atoms with Gasteiger partial charge in [0.05, 0.1) is 23.2 Å². The van der Waals surface area contributed by atoms with Crippen molar-refractivity contribution in [2.45, 2.75) is 70.8 Å². The number of fused-ring (bicyclic) bond motifs is 1. The van der Waals surface area contributed by atoms with Crippen LogP contribution in [0.4, 0.5) is 0 Å². The topological polar surface area (TPSA) is 53.4 Å². The maximum atomic E-state index is 12.8. The number of thioether (sulfide) groups is 1. The second kappa shape index (κ2) is 11.3. The smallest absolute Gasteiger partial charge is 0.311 e. The molecule has 2 aromatic carbocycles. The van der Waals surface area contributed by atoms with Crippen molar-refractivity contribution in [1.29, 1.82) is 0 Å². The molecule has 0 radical (unpaired) electrons. The standard InChI is InChI=1S/C30H35ClN2O3S2/c1-19-32-22(18-37-19)17-36-23-12-13-25-24(14-23)27(38-29(2,3)4)26(15-30(5,6)28(34)35-7)33(25)16-20-8-10-21(31)11-9-20/h8-14,18H,15-17H2,1-7H3. The van der Waals surface area contributed by atoms with Crippen LogP contribution in [0.1, 0.15) is 56.6 Å². The van der Waals surface area contributed by atoms with Gasteiger partial charge in [-0.1, -0.05) is 44.5 Å². The van der Waals surface area contributed by atoms with Gasteiger partial charge in [0.1, 0.15) is 12.4 Å². The molecule has 0 fully saturated rings.